The van der Waals surface area contributed by atoms with Crippen LogP contribution in [0.25, 0.3) is 22.4 Å². The van der Waals surface area contributed by atoms with Crippen LogP contribution in [0.4, 0.5) is 11.6 Å². The molecule has 0 aliphatic heterocycles. The summed E-state index contributed by atoms with van der Waals surface area (Å²) in [5, 5.41) is 4.38. The Labute approximate surface area is 150 Å². The van der Waals surface area contributed by atoms with Crippen LogP contribution in [0.1, 0.15) is 31.7 Å². The molecule has 3 aromatic heterocycles. The number of fused-ring (bicyclic) bond motifs is 1. The van der Waals surface area contributed by atoms with E-state index in [2.05, 4.69) is 32.1 Å². The highest BCUT2D eigenvalue weighted by Crippen LogP contribution is 2.32. The lowest BCUT2D eigenvalue weighted by atomic mass is 10.2. The molecule has 0 saturated heterocycles. The van der Waals surface area contributed by atoms with Crippen molar-refractivity contribution in [1.82, 2.24) is 19.5 Å². The number of hydrogen-bond donors (Lipinski definition) is 1. The molecule has 1 saturated carbocycles. The zero-order chi connectivity index (χ0) is 17.3. The van der Waals surface area contributed by atoms with Crippen LogP contribution in [0.2, 0.25) is 0 Å². The van der Waals surface area contributed by atoms with Gasteiger partial charge >= 0.3 is 0 Å². The summed E-state index contributed by atoms with van der Waals surface area (Å²) in [4.78, 5) is 13.2. The zero-order valence-corrected chi connectivity index (χ0v) is 14.3. The van der Waals surface area contributed by atoms with Crippen molar-refractivity contribution in [2.45, 2.75) is 31.7 Å². The second kappa shape index (κ2) is 6.29. The first-order valence-corrected chi connectivity index (χ1v) is 8.96. The van der Waals surface area contributed by atoms with Crippen molar-refractivity contribution in [2.24, 2.45) is 0 Å². The molecule has 130 valence electrons. The van der Waals surface area contributed by atoms with Crippen LogP contribution >= 0.6 is 0 Å². The minimum absolute atomic E-state index is 0.566. The van der Waals surface area contributed by atoms with Crippen LogP contribution in [-0.4, -0.2) is 19.5 Å². The van der Waals surface area contributed by atoms with Gasteiger partial charge in [-0.3, -0.25) is 0 Å². The van der Waals surface area contributed by atoms with Gasteiger partial charge in [0.25, 0.3) is 0 Å². The van der Waals surface area contributed by atoms with Gasteiger partial charge in [0.1, 0.15) is 5.65 Å². The van der Waals surface area contributed by atoms with Crippen molar-refractivity contribution in [2.75, 3.05) is 5.32 Å². The van der Waals surface area contributed by atoms with E-state index in [-0.39, 0.29) is 0 Å². The van der Waals surface area contributed by atoms with E-state index in [1.54, 1.807) is 6.20 Å². The summed E-state index contributed by atoms with van der Waals surface area (Å²) in [6.07, 6.45) is 12.3. The highest BCUT2D eigenvalue weighted by atomic mass is 16.3. The fraction of sp³-hybridized carbons (Fsp3) is 0.250. The highest BCUT2D eigenvalue weighted by Gasteiger charge is 2.19. The average Bonchev–Trinajstić information content (AvgIpc) is 3.43. The van der Waals surface area contributed by atoms with Gasteiger partial charge in [0.15, 0.2) is 12.2 Å². The summed E-state index contributed by atoms with van der Waals surface area (Å²) in [6, 6.07) is 10.6. The molecule has 1 aliphatic carbocycles. The van der Waals surface area contributed by atoms with Crippen molar-refractivity contribution < 1.29 is 4.42 Å². The number of rotatable bonds is 4. The minimum Gasteiger partial charge on any atom is -0.444 e. The standard InChI is InChI=1S/C20H19N5O/c1-2-4-17(3-1)25-10-9-15-11-22-20(24-19(15)25)23-16-7-5-14(6-8-16)18-12-21-13-26-18/h5-13,17H,1-4H2,(H,22,23,24). The molecule has 4 aromatic rings. The van der Waals surface area contributed by atoms with Gasteiger partial charge in [-0.15, -0.1) is 0 Å². The maximum Gasteiger partial charge on any atom is 0.229 e. The smallest absolute Gasteiger partial charge is 0.229 e. The van der Waals surface area contributed by atoms with E-state index >= 15 is 0 Å². The topological polar surface area (TPSA) is 68.8 Å². The summed E-state index contributed by atoms with van der Waals surface area (Å²) in [7, 11) is 0. The molecule has 1 aliphatic rings. The number of benzene rings is 1. The zero-order valence-electron chi connectivity index (χ0n) is 14.3. The van der Waals surface area contributed by atoms with Crippen molar-refractivity contribution in [1.29, 1.82) is 0 Å². The first-order valence-electron chi connectivity index (χ1n) is 8.96. The van der Waals surface area contributed by atoms with Gasteiger partial charge in [0.2, 0.25) is 5.95 Å². The summed E-state index contributed by atoms with van der Waals surface area (Å²) in [6.45, 7) is 0. The van der Waals surface area contributed by atoms with E-state index in [0.717, 1.165) is 28.0 Å². The number of nitrogens with one attached hydrogen (secondary N) is 1. The third-order valence-corrected chi connectivity index (χ3v) is 5.03. The van der Waals surface area contributed by atoms with Gasteiger partial charge in [-0.1, -0.05) is 12.8 Å². The van der Waals surface area contributed by atoms with Crippen LogP contribution in [0.3, 0.4) is 0 Å². The number of oxazole rings is 1. The fourth-order valence-electron chi connectivity index (χ4n) is 3.68. The number of hydrogen-bond acceptors (Lipinski definition) is 5. The van der Waals surface area contributed by atoms with Gasteiger partial charge < -0.3 is 14.3 Å². The molecule has 0 unspecified atom stereocenters. The molecule has 0 radical (unpaired) electrons. The molecule has 1 fully saturated rings. The number of nitrogens with zero attached hydrogens (tertiary/aromatic N) is 4. The largest absolute Gasteiger partial charge is 0.444 e. The van der Waals surface area contributed by atoms with Crippen LogP contribution in [0.15, 0.2) is 59.7 Å². The normalized spacial score (nSPS) is 14.9. The molecule has 6 heteroatoms. The van der Waals surface area contributed by atoms with E-state index in [9.17, 15) is 0 Å². The molecule has 26 heavy (non-hydrogen) atoms. The molecule has 1 aromatic carbocycles. The van der Waals surface area contributed by atoms with E-state index in [1.807, 2.05) is 30.5 Å². The highest BCUT2D eigenvalue weighted by molar-refractivity contribution is 5.77. The van der Waals surface area contributed by atoms with E-state index < -0.39 is 0 Å². The first kappa shape index (κ1) is 15.1. The van der Waals surface area contributed by atoms with E-state index in [1.165, 1.54) is 32.1 Å². The first-order chi connectivity index (χ1) is 12.9. The fourth-order valence-corrected chi connectivity index (χ4v) is 3.68. The number of anilines is 2. The maximum atomic E-state index is 5.32. The summed E-state index contributed by atoms with van der Waals surface area (Å²) in [5.41, 5.74) is 2.93. The van der Waals surface area contributed by atoms with Crippen molar-refractivity contribution in [3.8, 4) is 11.3 Å². The SMILES string of the molecule is c1ncc(-c2ccc(Nc3ncc4ccn(C5CCCC5)c4n3)cc2)o1. The molecule has 5 rings (SSSR count). The molecular weight excluding hydrogens is 326 g/mol. The molecule has 0 atom stereocenters. The van der Waals surface area contributed by atoms with E-state index in [0.29, 0.717) is 12.0 Å². The molecule has 6 nitrogen and oxygen atoms in total. The number of aromatic nitrogens is 4. The lowest BCUT2D eigenvalue weighted by Crippen LogP contribution is -2.05. The lowest BCUT2D eigenvalue weighted by Gasteiger charge is -2.13. The van der Waals surface area contributed by atoms with Gasteiger partial charge in [-0.25, -0.2) is 9.97 Å². The Morgan fingerprint density at radius 2 is 1.88 bits per heavy atom. The second-order valence-corrected chi connectivity index (χ2v) is 6.70. The van der Waals surface area contributed by atoms with Gasteiger partial charge in [-0.2, -0.15) is 4.98 Å². The summed E-state index contributed by atoms with van der Waals surface area (Å²) in [5.74, 6) is 1.37. The van der Waals surface area contributed by atoms with Crippen molar-refractivity contribution >= 4 is 22.7 Å². The molecule has 0 amide bonds. The second-order valence-electron chi connectivity index (χ2n) is 6.70. The molecule has 1 N–H and O–H groups in total. The van der Waals surface area contributed by atoms with Crippen molar-refractivity contribution in [3.63, 3.8) is 0 Å². The molecule has 0 spiro atoms. The van der Waals surface area contributed by atoms with Crippen LogP contribution in [0.5, 0.6) is 0 Å². The van der Waals surface area contributed by atoms with Crippen LogP contribution < -0.4 is 5.32 Å². The predicted octanol–water partition coefficient (Wildman–Crippen LogP) is 4.95. The Hall–Kier alpha value is -3.15. The minimum atomic E-state index is 0.566. The predicted molar refractivity (Wildman–Crippen MR) is 100 cm³/mol. The van der Waals surface area contributed by atoms with Crippen LogP contribution in [0, 0.1) is 0 Å². The third-order valence-electron chi connectivity index (χ3n) is 5.03. The average molecular weight is 345 g/mol. The quantitative estimate of drug-likeness (QED) is 0.567. The lowest BCUT2D eigenvalue weighted by molar-refractivity contribution is 0.532. The molecule has 3 heterocycles. The molecule has 0 bridgehead atoms. The Morgan fingerprint density at radius 1 is 1.04 bits per heavy atom. The van der Waals surface area contributed by atoms with Gasteiger partial charge in [0, 0.05) is 35.1 Å². The Morgan fingerprint density at radius 3 is 2.65 bits per heavy atom. The summed E-state index contributed by atoms with van der Waals surface area (Å²) >= 11 is 0. The maximum absolute atomic E-state index is 5.32. The van der Waals surface area contributed by atoms with Crippen molar-refractivity contribution in [3.05, 3.63) is 55.3 Å². The third kappa shape index (κ3) is 2.73. The summed E-state index contributed by atoms with van der Waals surface area (Å²) < 4.78 is 7.63. The molecular formula is C20H19N5O. The Balaban J connectivity index is 1.41. The van der Waals surface area contributed by atoms with E-state index in [4.69, 9.17) is 9.40 Å². The Kier molecular flexibility index (Phi) is 3.66. The van der Waals surface area contributed by atoms with Gasteiger partial charge in [-0.05, 0) is 43.2 Å². The van der Waals surface area contributed by atoms with Gasteiger partial charge in [0.05, 0.1) is 6.20 Å². The van der Waals surface area contributed by atoms with Crippen LogP contribution in [-0.2, 0) is 0 Å². The Bertz CT molecular complexity index is 1010. The monoisotopic (exact) mass is 345 g/mol.